The summed E-state index contributed by atoms with van der Waals surface area (Å²) in [5.74, 6) is -4.02. The highest BCUT2D eigenvalue weighted by Crippen LogP contribution is 2.23. The average Bonchev–Trinajstić information content (AvgIpc) is 2.24. The Morgan fingerprint density at radius 3 is 2.38 bits per heavy atom. The van der Waals surface area contributed by atoms with Gasteiger partial charge in [0.2, 0.25) is 0 Å². The molecule has 3 nitrogen and oxygen atoms in total. The van der Waals surface area contributed by atoms with Crippen molar-refractivity contribution in [2.75, 3.05) is 7.11 Å². The molecule has 0 bridgehead atoms. The van der Waals surface area contributed by atoms with E-state index in [4.69, 9.17) is 5.11 Å². The lowest BCUT2D eigenvalue weighted by Crippen LogP contribution is -2.15. The second-order valence-corrected chi connectivity index (χ2v) is 3.54. The molecular formula is C11H12F2O3. The molecule has 16 heavy (non-hydrogen) atoms. The van der Waals surface area contributed by atoms with Crippen molar-refractivity contribution in [1.29, 1.82) is 0 Å². The van der Waals surface area contributed by atoms with E-state index in [2.05, 4.69) is 4.74 Å². The van der Waals surface area contributed by atoms with Gasteiger partial charge < -0.3 is 9.84 Å². The summed E-state index contributed by atoms with van der Waals surface area (Å²) >= 11 is 0. The molecule has 0 spiro atoms. The van der Waals surface area contributed by atoms with Crippen LogP contribution in [0.4, 0.5) is 8.78 Å². The van der Waals surface area contributed by atoms with Crippen LogP contribution in [0.5, 0.6) is 5.75 Å². The molecule has 1 aromatic rings. The van der Waals surface area contributed by atoms with Crippen molar-refractivity contribution in [3.8, 4) is 5.75 Å². The third kappa shape index (κ3) is 2.68. The minimum absolute atomic E-state index is 0.154. The van der Waals surface area contributed by atoms with Crippen LogP contribution in [0.1, 0.15) is 12.5 Å². The highest BCUT2D eigenvalue weighted by atomic mass is 19.1. The first-order valence-electron chi connectivity index (χ1n) is 4.70. The zero-order chi connectivity index (χ0) is 12.3. The molecule has 0 fully saturated rings. The minimum atomic E-state index is -1.04. The van der Waals surface area contributed by atoms with Crippen molar-refractivity contribution < 1.29 is 23.4 Å². The second kappa shape index (κ2) is 4.92. The lowest BCUT2D eigenvalue weighted by atomic mass is 10.0. The van der Waals surface area contributed by atoms with Crippen LogP contribution in [0.2, 0.25) is 0 Å². The van der Waals surface area contributed by atoms with Gasteiger partial charge in [0.1, 0.15) is 0 Å². The molecule has 0 heterocycles. The van der Waals surface area contributed by atoms with E-state index in [1.165, 1.54) is 7.11 Å². The number of phenols is 1. The number of carbonyl (C=O) groups excluding carboxylic acids is 1. The normalized spacial score (nSPS) is 12.2. The van der Waals surface area contributed by atoms with E-state index in [1.807, 2.05) is 0 Å². The summed E-state index contributed by atoms with van der Waals surface area (Å²) in [6, 6.07) is 2.00. The van der Waals surface area contributed by atoms with Gasteiger partial charge in [-0.05, 0) is 24.1 Å². The van der Waals surface area contributed by atoms with Crippen molar-refractivity contribution in [2.24, 2.45) is 5.92 Å². The predicted octanol–water partition coefficient (Wildman–Crippen LogP) is 2.02. The Balaban J connectivity index is 2.86. The van der Waals surface area contributed by atoms with Gasteiger partial charge in [-0.1, -0.05) is 6.92 Å². The van der Waals surface area contributed by atoms with Crippen LogP contribution < -0.4 is 0 Å². The van der Waals surface area contributed by atoms with Crippen LogP contribution in [-0.2, 0) is 16.0 Å². The maximum absolute atomic E-state index is 13.0. The van der Waals surface area contributed by atoms with Gasteiger partial charge in [0.25, 0.3) is 0 Å². The van der Waals surface area contributed by atoms with Crippen LogP contribution in [0.3, 0.4) is 0 Å². The first kappa shape index (κ1) is 12.4. The molecule has 0 aliphatic heterocycles. The fourth-order valence-electron chi connectivity index (χ4n) is 1.37. The monoisotopic (exact) mass is 230 g/mol. The summed E-state index contributed by atoms with van der Waals surface area (Å²) in [7, 11) is 1.25. The number of esters is 1. The van der Waals surface area contributed by atoms with Crippen molar-refractivity contribution in [1.82, 2.24) is 0 Å². The van der Waals surface area contributed by atoms with Crippen LogP contribution in [0.15, 0.2) is 12.1 Å². The van der Waals surface area contributed by atoms with Gasteiger partial charge in [-0.15, -0.1) is 0 Å². The molecule has 88 valence electrons. The number of hydrogen-bond donors (Lipinski definition) is 1. The molecule has 0 aromatic heterocycles. The number of phenolic OH excluding ortho intramolecular Hbond substituents is 1. The lowest BCUT2D eigenvalue weighted by molar-refractivity contribution is -0.144. The number of benzene rings is 1. The maximum atomic E-state index is 13.0. The van der Waals surface area contributed by atoms with Gasteiger partial charge in [0.05, 0.1) is 13.0 Å². The second-order valence-electron chi connectivity index (χ2n) is 3.54. The third-order valence-corrected chi connectivity index (χ3v) is 2.22. The van der Waals surface area contributed by atoms with E-state index in [0.29, 0.717) is 5.56 Å². The first-order chi connectivity index (χ1) is 7.45. The maximum Gasteiger partial charge on any atom is 0.308 e. The molecule has 1 N–H and O–H groups in total. The number of hydrogen-bond acceptors (Lipinski definition) is 3. The topological polar surface area (TPSA) is 46.5 Å². The number of rotatable bonds is 3. The Morgan fingerprint density at radius 2 is 1.94 bits per heavy atom. The zero-order valence-corrected chi connectivity index (χ0v) is 8.96. The van der Waals surface area contributed by atoms with Crippen molar-refractivity contribution in [3.63, 3.8) is 0 Å². The summed E-state index contributed by atoms with van der Waals surface area (Å²) in [5, 5.41) is 8.88. The number of halogens is 2. The molecule has 1 unspecified atom stereocenters. The Kier molecular flexibility index (Phi) is 3.82. The van der Waals surface area contributed by atoms with Crippen molar-refractivity contribution in [2.45, 2.75) is 13.3 Å². The Morgan fingerprint density at radius 1 is 1.44 bits per heavy atom. The molecule has 0 saturated carbocycles. The van der Waals surface area contributed by atoms with Gasteiger partial charge in [0, 0.05) is 0 Å². The highest BCUT2D eigenvalue weighted by Gasteiger charge is 2.16. The molecule has 1 rings (SSSR count). The molecule has 5 heteroatoms. The van der Waals surface area contributed by atoms with E-state index in [0.717, 1.165) is 12.1 Å². The summed E-state index contributed by atoms with van der Waals surface area (Å²) < 4.78 is 30.4. The average molecular weight is 230 g/mol. The highest BCUT2D eigenvalue weighted by molar-refractivity contribution is 5.72. The van der Waals surface area contributed by atoms with Crippen molar-refractivity contribution >= 4 is 5.97 Å². The Labute approximate surface area is 91.7 Å². The summed E-state index contributed by atoms with van der Waals surface area (Å²) in [6.45, 7) is 1.59. The first-order valence-corrected chi connectivity index (χ1v) is 4.70. The molecule has 0 saturated heterocycles. The zero-order valence-electron chi connectivity index (χ0n) is 8.96. The fourth-order valence-corrected chi connectivity index (χ4v) is 1.37. The van der Waals surface area contributed by atoms with Gasteiger partial charge in [-0.2, -0.15) is 0 Å². The molecule has 0 aliphatic carbocycles. The quantitative estimate of drug-likeness (QED) is 0.808. The van der Waals surface area contributed by atoms with Crippen LogP contribution >= 0.6 is 0 Å². The molecule has 0 amide bonds. The Bertz CT molecular complexity index is 381. The standard InChI is InChI=1S/C11H12F2O3/c1-6(11(15)16-2)3-7-4-8(12)10(14)9(13)5-7/h4-6,14H,3H2,1-2H3. The van der Waals surface area contributed by atoms with E-state index in [-0.39, 0.29) is 6.42 Å². The fraction of sp³-hybridized carbons (Fsp3) is 0.364. The van der Waals surface area contributed by atoms with E-state index >= 15 is 0 Å². The number of carbonyl (C=O) groups is 1. The minimum Gasteiger partial charge on any atom is -0.503 e. The SMILES string of the molecule is COC(=O)C(C)Cc1cc(F)c(O)c(F)c1. The number of ether oxygens (including phenoxy) is 1. The van der Waals surface area contributed by atoms with Crippen LogP contribution in [0.25, 0.3) is 0 Å². The third-order valence-electron chi connectivity index (χ3n) is 2.22. The summed E-state index contributed by atoms with van der Waals surface area (Å²) in [4.78, 5) is 11.1. The van der Waals surface area contributed by atoms with Gasteiger partial charge in [-0.25, -0.2) is 8.78 Å². The smallest absolute Gasteiger partial charge is 0.308 e. The van der Waals surface area contributed by atoms with E-state index < -0.39 is 29.3 Å². The van der Waals surface area contributed by atoms with Crippen LogP contribution in [0, 0.1) is 17.6 Å². The van der Waals surface area contributed by atoms with E-state index in [1.54, 1.807) is 6.92 Å². The predicted molar refractivity (Wildman–Crippen MR) is 52.9 cm³/mol. The van der Waals surface area contributed by atoms with Crippen molar-refractivity contribution in [3.05, 3.63) is 29.3 Å². The number of aromatic hydroxyl groups is 1. The van der Waals surface area contributed by atoms with E-state index in [9.17, 15) is 13.6 Å². The largest absolute Gasteiger partial charge is 0.503 e. The van der Waals surface area contributed by atoms with Gasteiger partial charge in [0.15, 0.2) is 17.4 Å². The van der Waals surface area contributed by atoms with Crippen LogP contribution in [-0.4, -0.2) is 18.2 Å². The van der Waals surface area contributed by atoms with Gasteiger partial charge >= 0.3 is 5.97 Å². The summed E-state index contributed by atoms with van der Waals surface area (Å²) in [5.41, 5.74) is 0.297. The molecule has 1 atom stereocenters. The lowest BCUT2D eigenvalue weighted by Gasteiger charge is -2.09. The molecule has 0 radical (unpaired) electrons. The Hall–Kier alpha value is -1.65. The summed E-state index contributed by atoms with van der Waals surface area (Å²) in [6.07, 6.45) is 0.154. The number of methoxy groups -OCH3 is 1. The molecule has 0 aliphatic rings. The molecule has 1 aromatic carbocycles. The molecular weight excluding hydrogens is 218 g/mol. The van der Waals surface area contributed by atoms with Gasteiger partial charge in [-0.3, -0.25) is 4.79 Å².